The Labute approximate surface area is 104 Å². The zero-order valence-corrected chi connectivity index (χ0v) is 10.3. The molecule has 6 heteroatoms. The van der Waals surface area contributed by atoms with E-state index in [4.69, 9.17) is 16.7 Å². The standard InChI is InChI=1S/C11H13ClN2O3/c1-7(11(16)17)6-14(8(2)15)10-4-3-9(12)5-13-10/h3-5,7H,6H2,1-2H3,(H,16,17). The highest BCUT2D eigenvalue weighted by atomic mass is 35.5. The van der Waals surface area contributed by atoms with Crippen molar-refractivity contribution in [3.63, 3.8) is 0 Å². The van der Waals surface area contributed by atoms with Gasteiger partial charge in [-0.3, -0.25) is 14.5 Å². The maximum Gasteiger partial charge on any atom is 0.308 e. The summed E-state index contributed by atoms with van der Waals surface area (Å²) in [5.41, 5.74) is 0. The first kappa shape index (κ1) is 13.4. The van der Waals surface area contributed by atoms with Gasteiger partial charge in [0.15, 0.2) is 0 Å². The molecule has 1 aromatic rings. The molecule has 0 spiro atoms. The summed E-state index contributed by atoms with van der Waals surface area (Å²) in [5.74, 6) is -1.47. The van der Waals surface area contributed by atoms with Gasteiger partial charge in [-0.25, -0.2) is 4.98 Å². The van der Waals surface area contributed by atoms with Gasteiger partial charge < -0.3 is 5.11 Å². The topological polar surface area (TPSA) is 70.5 Å². The molecular weight excluding hydrogens is 244 g/mol. The number of aromatic nitrogens is 1. The Hall–Kier alpha value is -1.62. The molecule has 1 amide bonds. The number of nitrogens with zero attached hydrogens (tertiary/aromatic N) is 2. The van der Waals surface area contributed by atoms with E-state index in [9.17, 15) is 9.59 Å². The van der Waals surface area contributed by atoms with Crippen molar-refractivity contribution >= 4 is 29.3 Å². The molecule has 17 heavy (non-hydrogen) atoms. The predicted molar refractivity (Wildman–Crippen MR) is 64.1 cm³/mol. The summed E-state index contributed by atoms with van der Waals surface area (Å²) in [7, 11) is 0. The molecule has 1 unspecified atom stereocenters. The van der Waals surface area contributed by atoms with Crippen molar-refractivity contribution in [2.24, 2.45) is 5.92 Å². The van der Waals surface area contributed by atoms with Crippen molar-refractivity contribution in [3.8, 4) is 0 Å². The quantitative estimate of drug-likeness (QED) is 0.892. The van der Waals surface area contributed by atoms with Crippen molar-refractivity contribution in [1.82, 2.24) is 4.98 Å². The molecule has 0 aromatic carbocycles. The molecule has 0 aliphatic rings. The average molecular weight is 257 g/mol. The smallest absolute Gasteiger partial charge is 0.308 e. The van der Waals surface area contributed by atoms with Crippen molar-refractivity contribution in [2.45, 2.75) is 13.8 Å². The highest BCUT2D eigenvalue weighted by Gasteiger charge is 2.20. The fourth-order valence-electron chi connectivity index (χ4n) is 1.26. The van der Waals surface area contributed by atoms with Gasteiger partial charge in [-0.2, -0.15) is 0 Å². The molecule has 0 bridgehead atoms. The van der Waals surface area contributed by atoms with Crippen LogP contribution >= 0.6 is 11.6 Å². The van der Waals surface area contributed by atoms with Crippen LogP contribution in [-0.2, 0) is 9.59 Å². The summed E-state index contributed by atoms with van der Waals surface area (Å²) in [6.07, 6.45) is 1.41. The van der Waals surface area contributed by atoms with E-state index in [1.807, 2.05) is 0 Å². The van der Waals surface area contributed by atoms with Crippen molar-refractivity contribution in [1.29, 1.82) is 0 Å². The second-order valence-electron chi connectivity index (χ2n) is 3.70. The lowest BCUT2D eigenvalue weighted by atomic mass is 10.1. The Morgan fingerprint density at radius 3 is 2.59 bits per heavy atom. The van der Waals surface area contributed by atoms with Gasteiger partial charge in [-0.1, -0.05) is 18.5 Å². The zero-order valence-electron chi connectivity index (χ0n) is 9.55. The summed E-state index contributed by atoms with van der Waals surface area (Å²) >= 11 is 5.69. The van der Waals surface area contributed by atoms with Crippen LogP contribution in [-0.4, -0.2) is 28.5 Å². The number of hydrogen-bond acceptors (Lipinski definition) is 3. The van der Waals surface area contributed by atoms with E-state index in [0.717, 1.165) is 0 Å². The van der Waals surface area contributed by atoms with E-state index in [2.05, 4.69) is 4.98 Å². The molecule has 1 heterocycles. The first-order chi connectivity index (χ1) is 7.91. The van der Waals surface area contributed by atoms with E-state index < -0.39 is 11.9 Å². The molecule has 1 rings (SSSR count). The van der Waals surface area contributed by atoms with Crippen LogP contribution < -0.4 is 4.90 Å². The van der Waals surface area contributed by atoms with Crippen LogP contribution in [0, 0.1) is 5.92 Å². The van der Waals surface area contributed by atoms with E-state index >= 15 is 0 Å². The maximum atomic E-state index is 11.4. The molecule has 0 radical (unpaired) electrons. The van der Waals surface area contributed by atoms with Gasteiger partial charge in [0.1, 0.15) is 5.82 Å². The van der Waals surface area contributed by atoms with Crippen LogP contribution in [0.2, 0.25) is 5.02 Å². The highest BCUT2D eigenvalue weighted by Crippen LogP contribution is 2.16. The lowest BCUT2D eigenvalue weighted by Gasteiger charge is -2.21. The average Bonchev–Trinajstić information content (AvgIpc) is 2.26. The first-order valence-corrected chi connectivity index (χ1v) is 5.42. The minimum atomic E-state index is -0.954. The van der Waals surface area contributed by atoms with Crippen LogP contribution in [0.5, 0.6) is 0 Å². The first-order valence-electron chi connectivity index (χ1n) is 5.04. The number of carboxylic acids is 1. The van der Waals surface area contributed by atoms with E-state index in [1.54, 1.807) is 12.1 Å². The van der Waals surface area contributed by atoms with Gasteiger partial charge in [-0.15, -0.1) is 0 Å². The summed E-state index contributed by atoms with van der Waals surface area (Å²) in [6, 6.07) is 3.18. The number of carbonyl (C=O) groups excluding carboxylic acids is 1. The molecule has 5 nitrogen and oxygen atoms in total. The normalized spacial score (nSPS) is 11.9. The molecule has 0 saturated carbocycles. The molecule has 1 aromatic heterocycles. The van der Waals surface area contributed by atoms with Gasteiger partial charge in [0.05, 0.1) is 10.9 Å². The van der Waals surface area contributed by atoms with Crippen LogP contribution in [0.25, 0.3) is 0 Å². The monoisotopic (exact) mass is 256 g/mol. The molecule has 1 atom stereocenters. The molecule has 0 aliphatic heterocycles. The van der Waals surface area contributed by atoms with Crippen LogP contribution in [0.3, 0.4) is 0 Å². The Kier molecular flexibility index (Phi) is 4.45. The number of rotatable bonds is 4. The Bertz CT molecular complexity index is 419. The third-order valence-corrected chi connectivity index (χ3v) is 2.47. The largest absolute Gasteiger partial charge is 0.481 e. The fraction of sp³-hybridized carbons (Fsp3) is 0.364. The second-order valence-corrected chi connectivity index (χ2v) is 4.14. The Morgan fingerprint density at radius 1 is 1.53 bits per heavy atom. The number of anilines is 1. The van der Waals surface area contributed by atoms with Crippen molar-refractivity contribution in [3.05, 3.63) is 23.4 Å². The number of hydrogen-bond donors (Lipinski definition) is 1. The van der Waals surface area contributed by atoms with Crippen LogP contribution in [0.1, 0.15) is 13.8 Å². The summed E-state index contributed by atoms with van der Waals surface area (Å²) in [6.45, 7) is 2.98. The number of carboxylic acid groups (broad SMARTS) is 1. The summed E-state index contributed by atoms with van der Waals surface area (Å²) < 4.78 is 0. The number of halogens is 1. The molecule has 0 saturated heterocycles. The third kappa shape index (κ3) is 3.71. The number of amides is 1. The van der Waals surface area contributed by atoms with Gasteiger partial charge in [0.2, 0.25) is 5.91 Å². The molecule has 0 fully saturated rings. The van der Waals surface area contributed by atoms with Gasteiger partial charge in [-0.05, 0) is 12.1 Å². The maximum absolute atomic E-state index is 11.4. The molecule has 92 valence electrons. The van der Waals surface area contributed by atoms with E-state index in [0.29, 0.717) is 10.8 Å². The zero-order chi connectivity index (χ0) is 13.0. The highest BCUT2D eigenvalue weighted by molar-refractivity contribution is 6.30. The summed E-state index contributed by atoms with van der Waals surface area (Å²) in [5, 5.41) is 9.29. The number of pyridine rings is 1. The van der Waals surface area contributed by atoms with Gasteiger partial charge >= 0.3 is 5.97 Å². The lowest BCUT2D eigenvalue weighted by Crippen LogP contribution is -2.35. The predicted octanol–water partition coefficient (Wildman–Crippen LogP) is 1.81. The van der Waals surface area contributed by atoms with Crippen molar-refractivity contribution in [2.75, 3.05) is 11.4 Å². The Balaban J connectivity index is 2.90. The lowest BCUT2D eigenvalue weighted by molar-refractivity contribution is -0.140. The number of carbonyl (C=O) groups is 2. The second kappa shape index (κ2) is 5.63. The van der Waals surface area contributed by atoms with Crippen molar-refractivity contribution < 1.29 is 14.7 Å². The fourth-order valence-corrected chi connectivity index (χ4v) is 1.37. The van der Waals surface area contributed by atoms with Gasteiger partial charge in [0, 0.05) is 19.7 Å². The summed E-state index contributed by atoms with van der Waals surface area (Å²) in [4.78, 5) is 27.5. The molecule has 1 N–H and O–H groups in total. The third-order valence-electron chi connectivity index (χ3n) is 2.25. The van der Waals surface area contributed by atoms with E-state index in [1.165, 1.54) is 24.9 Å². The minimum absolute atomic E-state index is 0.0826. The minimum Gasteiger partial charge on any atom is -0.481 e. The molecule has 0 aliphatic carbocycles. The van der Waals surface area contributed by atoms with Crippen LogP contribution in [0.4, 0.5) is 5.82 Å². The number of aliphatic carboxylic acids is 1. The Morgan fingerprint density at radius 2 is 2.18 bits per heavy atom. The van der Waals surface area contributed by atoms with Gasteiger partial charge in [0.25, 0.3) is 0 Å². The molecular formula is C11H13ClN2O3. The van der Waals surface area contributed by atoms with E-state index in [-0.39, 0.29) is 12.5 Å². The SMILES string of the molecule is CC(=O)N(CC(C)C(=O)O)c1ccc(Cl)cn1. The van der Waals surface area contributed by atoms with Crippen LogP contribution in [0.15, 0.2) is 18.3 Å².